The van der Waals surface area contributed by atoms with Crippen molar-refractivity contribution < 1.29 is 57.9 Å². The number of halogens is 6. The second-order valence-corrected chi connectivity index (χ2v) is 10.8. The molecule has 38 heavy (non-hydrogen) atoms. The molecule has 0 fully saturated rings. The van der Waals surface area contributed by atoms with Crippen LogP contribution in [0, 0.1) is 0 Å². The number of benzene rings is 2. The molecule has 0 bridgehead atoms. The van der Waals surface area contributed by atoms with E-state index in [0.717, 1.165) is 7.11 Å². The van der Waals surface area contributed by atoms with Crippen LogP contribution in [0.2, 0.25) is 0 Å². The number of alkyl halides is 6. The minimum absolute atomic E-state index is 0.158. The van der Waals surface area contributed by atoms with Crippen LogP contribution in [0.4, 0.5) is 26.3 Å². The van der Waals surface area contributed by atoms with Gasteiger partial charge in [0, 0.05) is 11.1 Å². The molecule has 0 N–H and O–H groups in total. The summed E-state index contributed by atoms with van der Waals surface area (Å²) in [6.07, 6.45) is -6.30. The molecule has 1 aliphatic rings. The van der Waals surface area contributed by atoms with E-state index in [1.54, 1.807) is 0 Å². The summed E-state index contributed by atoms with van der Waals surface area (Å²) in [5, 5.41) is 0. The molecular formula is C24H24F6O7S. The van der Waals surface area contributed by atoms with Crippen molar-refractivity contribution in [3.05, 3.63) is 47.0 Å². The van der Waals surface area contributed by atoms with Gasteiger partial charge >= 0.3 is 27.8 Å². The van der Waals surface area contributed by atoms with E-state index in [2.05, 4.69) is 8.92 Å². The molecule has 14 heteroatoms. The third-order valence-electron chi connectivity index (χ3n) is 5.34. The fourth-order valence-corrected chi connectivity index (χ4v) is 4.32. The monoisotopic (exact) mass is 570 g/mol. The quantitative estimate of drug-likeness (QED) is 0.183. The lowest BCUT2D eigenvalue weighted by Gasteiger charge is -2.30. The summed E-state index contributed by atoms with van der Waals surface area (Å²) in [6.45, 7) is 4.67. The number of ether oxygens (including phenoxy) is 3. The van der Waals surface area contributed by atoms with Gasteiger partial charge in [-0.3, -0.25) is 0 Å². The zero-order valence-corrected chi connectivity index (χ0v) is 21.4. The Balaban J connectivity index is 2.46. The van der Waals surface area contributed by atoms with Crippen LogP contribution >= 0.6 is 0 Å². The van der Waals surface area contributed by atoms with Crippen LogP contribution in [0.25, 0.3) is 11.1 Å². The predicted molar refractivity (Wildman–Crippen MR) is 122 cm³/mol. The van der Waals surface area contributed by atoms with Gasteiger partial charge in [-0.25, -0.2) is 4.79 Å². The molecule has 2 aromatic carbocycles. The SMILES string of the molecule is COC(=O)C(OC(C)(C)C)c1c(C(F)(F)F)ccc(OS(=O)(=O)C(F)(F)F)c1-c1ccc2c(c1)CCCO2. The highest BCUT2D eigenvalue weighted by atomic mass is 32.2. The lowest BCUT2D eigenvalue weighted by molar-refractivity contribution is -0.166. The first-order valence-corrected chi connectivity index (χ1v) is 12.5. The maximum Gasteiger partial charge on any atom is 0.534 e. The van der Waals surface area contributed by atoms with Crippen LogP contribution in [-0.4, -0.2) is 39.2 Å². The number of fused-ring (bicyclic) bond motifs is 1. The van der Waals surface area contributed by atoms with Crippen LogP contribution in [0.3, 0.4) is 0 Å². The molecule has 1 atom stereocenters. The lowest BCUT2D eigenvalue weighted by atomic mass is 9.88. The van der Waals surface area contributed by atoms with Crippen LogP contribution in [-0.2, 0) is 37.0 Å². The van der Waals surface area contributed by atoms with Crippen LogP contribution in [0.1, 0.15) is 50.0 Å². The van der Waals surface area contributed by atoms with Gasteiger partial charge in [0.1, 0.15) is 5.75 Å². The number of carbonyl (C=O) groups excluding carboxylic acids is 1. The molecule has 0 spiro atoms. The number of hydrogen-bond donors (Lipinski definition) is 0. The average Bonchev–Trinajstić information content (AvgIpc) is 2.79. The minimum atomic E-state index is -6.31. The molecule has 0 saturated carbocycles. The highest BCUT2D eigenvalue weighted by Gasteiger charge is 2.50. The Morgan fingerprint density at radius 3 is 2.24 bits per heavy atom. The largest absolute Gasteiger partial charge is 0.534 e. The number of carbonyl (C=O) groups is 1. The average molecular weight is 571 g/mol. The first-order chi connectivity index (χ1) is 17.4. The minimum Gasteiger partial charge on any atom is -0.493 e. The summed E-state index contributed by atoms with van der Waals surface area (Å²) in [4.78, 5) is 12.8. The van der Waals surface area contributed by atoms with Crippen LogP contribution in [0.5, 0.6) is 11.5 Å². The van der Waals surface area contributed by atoms with E-state index in [1.807, 2.05) is 0 Å². The molecule has 1 heterocycles. The first-order valence-electron chi connectivity index (χ1n) is 11.1. The lowest BCUT2D eigenvalue weighted by Crippen LogP contribution is -2.31. The fraction of sp³-hybridized carbons (Fsp3) is 0.458. The zero-order valence-electron chi connectivity index (χ0n) is 20.6. The second kappa shape index (κ2) is 10.3. The number of methoxy groups -OCH3 is 1. The molecule has 210 valence electrons. The number of hydrogen-bond acceptors (Lipinski definition) is 7. The topological polar surface area (TPSA) is 88.1 Å². The Kier molecular flexibility index (Phi) is 8.00. The van der Waals surface area contributed by atoms with Gasteiger partial charge in [0.15, 0.2) is 11.9 Å². The maximum atomic E-state index is 14.3. The molecule has 1 unspecified atom stereocenters. The molecule has 0 radical (unpaired) electrons. The molecule has 0 saturated heterocycles. The molecule has 0 aliphatic carbocycles. The van der Waals surface area contributed by atoms with E-state index in [1.165, 1.54) is 39.0 Å². The smallest absolute Gasteiger partial charge is 0.493 e. The summed E-state index contributed by atoms with van der Waals surface area (Å²) in [6, 6.07) is 4.72. The number of aryl methyl sites for hydroxylation is 1. The molecular weight excluding hydrogens is 546 g/mol. The summed E-state index contributed by atoms with van der Waals surface area (Å²) in [7, 11) is -5.43. The molecule has 1 aliphatic heterocycles. The van der Waals surface area contributed by atoms with Gasteiger partial charge in [-0.1, -0.05) is 6.07 Å². The van der Waals surface area contributed by atoms with E-state index < -0.39 is 61.9 Å². The summed E-state index contributed by atoms with van der Waals surface area (Å²) in [5.41, 5.74) is -9.95. The second-order valence-electron chi connectivity index (χ2n) is 9.29. The Morgan fingerprint density at radius 2 is 1.68 bits per heavy atom. The highest BCUT2D eigenvalue weighted by Crippen LogP contribution is 2.48. The first kappa shape index (κ1) is 29.6. The fourth-order valence-electron chi connectivity index (χ4n) is 3.85. The normalized spacial score (nSPS) is 15.3. The number of esters is 1. The van der Waals surface area contributed by atoms with Gasteiger partial charge in [0.2, 0.25) is 0 Å². The van der Waals surface area contributed by atoms with Crippen LogP contribution < -0.4 is 8.92 Å². The predicted octanol–water partition coefficient (Wildman–Crippen LogP) is 5.96. The molecule has 7 nitrogen and oxygen atoms in total. The van der Waals surface area contributed by atoms with E-state index >= 15 is 0 Å². The molecule has 0 aromatic heterocycles. The Labute approximate surface area is 214 Å². The number of rotatable bonds is 6. The van der Waals surface area contributed by atoms with Crippen molar-refractivity contribution in [2.45, 2.75) is 57.0 Å². The Hall–Kier alpha value is -3.00. The van der Waals surface area contributed by atoms with Gasteiger partial charge in [-0.05, 0) is 69.0 Å². The van der Waals surface area contributed by atoms with E-state index in [4.69, 9.17) is 9.47 Å². The van der Waals surface area contributed by atoms with Crippen molar-refractivity contribution in [1.82, 2.24) is 0 Å². The van der Waals surface area contributed by atoms with Crippen molar-refractivity contribution in [3.8, 4) is 22.6 Å². The van der Waals surface area contributed by atoms with Gasteiger partial charge in [-0.15, -0.1) is 0 Å². The third-order valence-corrected chi connectivity index (χ3v) is 6.31. The summed E-state index contributed by atoms with van der Waals surface area (Å²) >= 11 is 0. The summed E-state index contributed by atoms with van der Waals surface area (Å²) < 4.78 is 126. The van der Waals surface area contributed by atoms with Crippen molar-refractivity contribution in [2.24, 2.45) is 0 Å². The third kappa shape index (κ3) is 6.34. The van der Waals surface area contributed by atoms with Gasteiger partial charge < -0.3 is 18.4 Å². The van der Waals surface area contributed by atoms with Crippen molar-refractivity contribution >= 4 is 16.1 Å². The van der Waals surface area contributed by atoms with E-state index in [-0.39, 0.29) is 5.56 Å². The highest BCUT2D eigenvalue weighted by molar-refractivity contribution is 7.88. The van der Waals surface area contributed by atoms with Crippen molar-refractivity contribution in [1.29, 1.82) is 0 Å². The Morgan fingerprint density at radius 1 is 1.03 bits per heavy atom. The van der Waals surface area contributed by atoms with Crippen molar-refractivity contribution in [3.63, 3.8) is 0 Å². The Bertz CT molecular complexity index is 1310. The van der Waals surface area contributed by atoms with Gasteiger partial charge in [0.25, 0.3) is 0 Å². The van der Waals surface area contributed by atoms with Crippen molar-refractivity contribution in [2.75, 3.05) is 13.7 Å². The van der Waals surface area contributed by atoms with Gasteiger partial charge in [0.05, 0.1) is 24.9 Å². The van der Waals surface area contributed by atoms with Gasteiger partial charge in [-0.2, -0.15) is 34.8 Å². The van der Waals surface area contributed by atoms with E-state index in [9.17, 15) is 39.6 Å². The molecule has 2 aromatic rings. The van der Waals surface area contributed by atoms with E-state index in [0.29, 0.717) is 42.9 Å². The summed E-state index contributed by atoms with van der Waals surface area (Å²) in [5.74, 6) is -1.99. The molecule has 3 rings (SSSR count). The molecule has 0 amide bonds. The maximum absolute atomic E-state index is 14.3. The zero-order chi connectivity index (χ0) is 28.7. The standard InChI is InChI=1S/C24H24F6O7S/c1-22(2,3)36-20(21(31)34-4)19-15(23(25,26)27)8-10-17(37-38(32,33)24(28,29)30)18(19)14-7-9-16-13(12-14)6-5-11-35-16/h7-10,12,20H,5-6,11H2,1-4H3. The van der Waals surface area contributed by atoms with Crippen LogP contribution in [0.15, 0.2) is 30.3 Å².